The molecule has 0 fully saturated rings. The van der Waals surface area contributed by atoms with Crippen LogP contribution in [0.4, 0.5) is 0 Å². The van der Waals surface area contributed by atoms with Crippen LogP contribution in [0.3, 0.4) is 0 Å². The Hall–Kier alpha value is -1.57. The van der Waals surface area contributed by atoms with Crippen LogP contribution in [0.25, 0.3) is 0 Å². The SMILES string of the molecule is Cc1noc(CSc2nnc(C(C)(C)C)n2N)n1. The van der Waals surface area contributed by atoms with E-state index < -0.39 is 0 Å². The normalized spacial score (nSPS) is 12.0. The van der Waals surface area contributed by atoms with Crippen molar-refractivity contribution in [3.63, 3.8) is 0 Å². The molecular formula is C10H16N6OS. The van der Waals surface area contributed by atoms with Gasteiger partial charge in [0.05, 0.1) is 5.75 Å². The molecule has 2 rings (SSSR count). The maximum absolute atomic E-state index is 5.96. The zero-order chi connectivity index (χ0) is 13.3. The lowest BCUT2D eigenvalue weighted by Crippen LogP contribution is -2.24. The van der Waals surface area contributed by atoms with Crippen LogP contribution in [0.15, 0.2) is 9.68 Å². The second-order valence-electron chi connectivity index (χ2n) is 4.95. The summed E-state index contributed by atoms with van der Waals surface area (Å²) in [6, 6.07) is 0. The second kappa shape index (κ2) is 4.60. The third-order valence-corrected chi connectivity index (χ3v) is 3.16. The molecule has 0 bridgehead atoms. The molecular weight excluding hydrogens is 252 g/mol. The van der Waals surface area contributed by atoms with E-state index in [0.717, 1.165) is 5.82 Å². The first-order valence-corrected chi connectivity index (χ1v) is 6.49. The van der Waals surface area contributed by atoms with E-state index in [2.05, 4.69) is 20.3 Å². The summed E-state index contributed by atoms with van der Waals surface area (Å²) in [5, 5.41) is 12.5. The minimum Gasteiger partial charge on any atom is -0.338 e. The Kier molecular flexibility index (Phi) is 3.29. The number of nitrogen functional groups attached to an aromatic ring is 1. The number of hydrogen-bond acceptors (Lipinski definition) is 7. The summed E-state index contributed by atoms with van der Waals surface area (Å²) in [6.07, 6.45) is 0. The summed E-state index contributed by atoms with van der Waals surface area (Å²) in [7, 11) is 0. The van der Waals surface area contributed by atoms with Crippen LogP contribution in [0, 0.1) is 6.92 Å². The largest absolute Gasteiger partial charge is 0.338 e. The van der Waals surface area contributed by atoms with Gasteiger partial charge in [-0.25, -0.2) is 4.68 Å². The van der Waals surface area contributed by atoms with Gasteiger partial charge >= 0.3 is 0 Å². The molecule has 2 aromatic rings. The average molecular weight is 268 g/mol. The van der Waals surface area contributed by atoms with Crippen LogP contribution in [0.5, 0.6) is 0 Å². The van der Waals surface area contributed by atoms with Crippen molar-refractivity contribution in [1.29, 1.82) is 0 Å². The Bertz CT molecular complexity index is 541. The lowest BCUT2D eigenvalue weighted by molar-refractivity contribution is 0.387. The van der Waals surface area contributed by atoms with Gasteiger partial charge in [0, 0.05) is 5.41 Å². The molecule has 0 aliphatic rings. The van der Waals surface area contributed by atoms with Crippen molar-refractivity contribution in [2.45, 2.75) is 44.0 Å². The van der Waals surface area contributed by atoms with Crippen molar-refractivity contribution >= 4 is 11.8 Å². The van der Waals surface area contributed by atoms with Gasteiger partial charge in [0.25, 0.3) is 0 Å². The Morgan fingerprint density at radius 3 is 2.56 bits per heavy atom. The van der Waals surface area contributed by atoms with Gasteiger partial charge in [-0.3, -0.25) is 0 Å². The molecule has 2 N–H and O–H groups in total. The monoisotopic (exact) mass is 268 g/mol. The highest BCUT2D eigenvalue weighted by Crippen LogP contribution is 2.24. The fraction of sp³-hybridized carbons (Fsp3) is 0.600. The molecule has 0 amide bonds. The number of rotatable bonds is 3. The van der Waals surface area contributed by atoms with Crippen LogP contribution in [-0.2, 0) is 11.2 Å². The third-order valence-electron chi connectivity index (χ3n) is 2.23. The van der Waals surface area contributed by atoms with Crippen molar-refractivity contribution < 1.29 is 4.52 Å². The lowest BCUT2D eigenvalue weighted by atomic mass is 9.96. The number of thioether (sulfide) groups is 1. The van der Waals surface area contributed by atoms with Gasteiger partial charge in [0.2, 0.25) is 11.0 Å². The molecule has 0 spiro atoms. The first kappa shape index (κ1) is 12.9. The molecule has 7 nitrogen and oxygen atoms in total. The quantitative estimate of drug-likeness (QED) is 0.661. The maximum atomic E-state index is 5.96. The summed E-state index contributed by atoms with van der Waals surface area (Å²) in [6.45, 7) is 7.89. The topological polar surface area (TPSA) is 95.7 Å². The maximum Gasteiger partial charge on any atom is 0.237 e. The molecule has 0 saturated heterocycles. The first-order chi connectivity index (χ1) is 8.38. The van der Waals surface area contributed by atoms with Gasteiger partial charge in [-0.1, -0.05) is 37.7 Å². The van der Waals surface area contributed by atoms with Crippen molar-refractivity contribution in [3.05, 3.63) is 17.5 Å². The molecule has 0 atom stereocenters. The highest BCUT2D eigenvalue weighted by atomic mass is 32.2. The van der Waals surface area contributed by atoms with E-state index in [1.807, 2.05) is 20.8 Å². The Labute approximate surface area is 109 Å². The standard InChI is InChI=1S/C10H16N6OS/c1-6-12-7(17-15-6)5-18-9-14-13-8(16(9)11)10(2,3)4/h5,11H2,1-4H3. The predicted molar refractivity (Wildman–Crippen MR) is 67.5 cm³/mol. The fourth-order valence-electron chi connectivity index (χ4n) is 1.41. The van der Waals surface area contributed by atoms with E-state index in [4.69, 9.17) is 10.4 Å². The average Bonchev–Trinajstić information content (AvgIpc) is 2.81. The molecule has 2 aromatic heterocycles. The van der Waals surface area contributed by atoms with E-state index in [1.165, 1.54) is 16.4 Å². The Balaban J connectivity index is 2.09. The minimum atomic E-state index is -0.137. The van der Waals surface area contributed by atoms with Gasteiger partial charge in [0.15, 0.2) is 11.6 Å². The summed E-state index contributed by atoms with van der Waals surface area (Å²) in [5.41, 5.74) is -0.137. The number of aromatic nitrogens is 5. The summed E-state index contributed by atoms with van der Waals surface area (Å²) in [4.78, 5) is 4.11. The third kappa shape index (κ3) is 2.63. The van der Waals surface area contributed by atoms with Gasteiger partial charge < -0.3 is 10.4 Å². The van der Waals surface area contributed by atoms with Crippen molar-refractivity contribution in [3.8, 4) is 0 Å². The fourth-order valence-corrected chi connectivity index (χ4v) is 2.11. The van der Waals surface area contributed by atoms with E-state index in [9.17, 15) is 0 Å². The predicted octanol–water partition coefficient (Wildman–Crippen LogP) is 1.27. The molecule has 0 aliphatic carbocycles. The molecule has 8 heteroatoms. The van der Waals surface area contributed by atoms with Crippen molar-refractivity contribution in [1.82, 2.24) is 25.0 Å². The Morgan fingerprint density at radius 1 is 1.33 bits per heavy atom. The molecule has 2 heterocycles. The lowest BCUT2D eigenvalue weighted by Gasteiger charge is -2.16. The molecule has 18 heavy (non-hydrogen) atoms. The Morgan fingerprint density at radius 2 is 2.06 bits per heavy atom. The van der Waals surface area contributed by atoms with Gasteiger partial charge in [0.1, 0.15) is 0 Å². The highest BCUT2D eigenvalue weighted by Gasteiger charge is 2.23. The van der Waals surface area contributed by atoms with Crippen LogP contribution >= 0.6 is 11.8 Å². The molecule has 0 radical (unpaired) electrons. The summed E-state index contributed by atoms with van der Waals surface area (Å²) < 4.78 is 6.53. The van der Waals surface area contributed by atoms with Gasteiger partial charge in [-0.2, -0.15) is 4.98 Å². The molecule has 0 aliphatic heterocycles. The smallest absolute Gasteiger partial charge is 0.237 e. The summed E-state index contributed by atoms with van der Waals surface area (Å²) in [5.74, 6) is 8.41. The van der Waals surface area contributed by atoms with Gasteiger partial charge in [-0.15, -0.1) is 10.2 Å². The van der Waals surface area contributed by atoms with Crippen molar-refractivity contribution in [2.75, 3.05) is 5.84 Å². The molecule has 0 saturated carbocycles. The van der Waals surface area contributed by atoms with Crippen LogP contribution in [0.2, 0.25) is 0 Å². The van der Waals surface area contributed by atoms with Crippen molar-refractivity contribution in [2.24, 2.45) is 0 Å². The number of aryl methyl sites for hydroxylation is 1. The minimum absolute atomic E-state index is 0.137. The zero-order valence-electron chi connectivity index (χ0n) is 10.8. The zero-order valence-corrected chi connectivity index (χ0v) is 11.7. The number of nitrogens with two attached hydrogens (primary N) is 1. The summed E-state index contributed by atoms with van der Waals surface area (Å²) >= 11 is 1.42. The van der Waals surface area contributed by atoms with E-state index in [-0.39, 0.29) is 5.41 Å². The first-order valence-electron chi connectivity index (χ1n) is 5.51. The molecule has 0 aromatic carbocycles. The van der Waals surface area contributed by atoms with E-state index >= 15 is 0 Å². The highest BCUT2D eigenvalue weighted by molar-refractivity contribution is 7.98. The second-order valence-corrected chi connectivity index (χ2v) is 5.89. The van der Waals surface area contributed by atoms with E-state index in [1.54, 1.807) is 6.92 Å². The van der Waals surface area contributed by atoms with Crippen LogP contribution < -0.4 is 5.84 Å². The van der Waals surface area contributed by atoms with Gasteiger partial charge in [-0.05, 0) is 6.92 Å². The van der Waals surface area contributed by atoms with Crippen LogP contribution in [0.1, 0.15) is 38.3 Å². The van der Waals surface area contributed by atoms with E-state index in [0.29, 0.717) is 22.6 Å². The van der Waals surface area contributed by atoms with Crippen LogP contribution in [-0.4, -0.2) is 25.0 Å². The number of nitrogens with zero attached hydrogens (tertiary/aromatic N) is 5. The molecule has 98 valence electrons. The molecule has 0 unspecified atom stereocenters. The number of hydrogen-bond donors (Lipinski definition) is 1.